The van der Waals surface area contributed by atoms with Gasteiger partial charge in [0.2, 0.25) is 0 Å². The smallest absolute Gasteiger partial charge is 0.348 e. The Morgan fingerprint density at radius 1 is 1.25 bits per heavy atom. The lowest BCUT2D eigenvalue weighted by molar-refractivity contribution is 0.0605. The van der Waals surface area contributed by atoms with Gasteiger partial charge in [0, 0.05) is 11.6 Å². The summed E-state index contributed by atoms with van der Waals surface area (Å²) in [6.45, 7) is 0.106. The fourth-order valence-electron chi connectivity index (χ4n) is 2.27. The highest BCUT2D eigenvalue weighted by atomic mass is 32.1. The maximum absolute atomic E-state index is 13.9. The van der Waals surface area contributed by atoms with E-state index in [0.29, 0.717) is 21.7 Å². The Kier molecular flexibility index (Phi) is 4.52. The standard InChI is InChI=1S/C17H13FN2O3S/c1-23-17(22)16-11(8-9-24-16)10-20-15(21)7-6-14(19-20)12-4-2-3-5-13(12)18/h2-9H,10H2,1H3. The molecule has 2 aromatic heterocycles. The average Bonchev–Trinajstić information content (AvgIpc) is 3.05. The monoisotopic (exact) mass is 344 g/mol. The fourth-order valence-corrected chi connectivity index (χ4v) is 3.10. The number of methoxy groups -OCH3 is 1. The van der Waals surface area contributed by atoms with Crippen LogP contribution in [0.5, 0.6) is 0 Å². The second-order valence-corrected chi connectivity index (χ2v) is 5.88. The van der Waals surface area contributed by atoms with Gasteiger partial charge in [0.15, 0.2) is 0 Å². The van der Waals surface area contributed by atoms with Crippen molar-refractivity contribution in [1.29, 1.82) is 0 Å². The number of halogens is 1. The minimum Gasteiger partial charge on any atom is -0.465 e. The third-order valence-corrected chi connectivity index (χ3v) is 4.39. The molecule has 0 saturated heterocycles. The van der Waals surface area contributed by atoms with Gasteiger partial charge in [-0.2, -0.15) is 5.10 Å². The normalized spacial score (nSPS) is 10.6. The maximum Gasteiger partial charge on any atom is 0.348 e. The molecular weight excluding hydrogens is 331 g/mol. The van der Waals surface area contributed by atoms with E-state index in [1.54, 1.807) is 29.6 Å². The molecule has 1 aromatic carbocycles. The predicted octanol–water partition coefficient (Wildman–Crippen LogP) is 2.95. The third-order valence-electron chi connectivity index (χ3n) is 3.45. The number of hydrogen-bond acceptors (Lipinski definition) is 5. The van der Waals surface area contributed by atoms with Gasteiger partial charge in [-0.05, 0) is 35.2 Å². The minimum absolute atomic E-state index is 0.106. The molecule has 0 aliphatic carbocycles. The SMILES string of the molecule is COC(=O)c1sccc1Cn1nc(-c2ccccc2F)ccc1=O. The lowest BCUT2D eigenvalue weighted by Gasteiger charge is -2.08. The van der Waals surface area contributed by atoms with E-state index < -0.39 is 11.8 Å². The highest BCUT2D eigenvalue weighted by molar-refractivity contribution is 7.12. The van der Waals surface area contributed by atoms with Gasteiger partial charge in [-0.1, -0.05) is 12.1 Å². The van der Waals surface area contributed by atoms with Crippen molar-refractivity contribution in [3.8, 4) is 11.3 Å². The second-order valence-electron chi connectivity index (χ2n) is 4.96. The molecule has 0 fully saturated rings. The number of aromatic nitrogens is 2. The predicted molar refractivity (Wildman–Crippen MR) is 88.7 cm³/mol. The molecule has 5 nitrogen and oxygen atoms in total. The van der Waals surface area contributed by atoms with Gasteiger partial charge in [0.1, 0.15) is 10.7 Å². The Morgan fingerprint density at radius 2 is 2.04 bits per heavy atom. The van der Waals surface area contributed by atoms with Crippen LogP contribution in [0.15, 0.2) is 52.6 Å². The molecule has 0 amide bonds. The largest absolute Gasteiger partial charge is 0.465 e. The molecular formula is C17H13FN2O3S. The molecule has 0 aliphatic heterocycles. The molecule has 7 heteroatoms. The zero-order valence-corrected chi connectivity index (χ0v) is 13.5. The van der Waals surface area contributed by atoms with E-state index in [4.69, 9.17) is 4.74 Å². The highest BCUT2D eigenvalue weighted by Gasteiger charge is 2.15. The van der Waals surface area contributed by atoms with Crippen LogP contribution in [-0.2, 0) is 11.3 Å². The molecule has 122 valence electrons. The maximum atomic E-state index is 13.9. The zero-order chi connectivity index (χ0) is 17.1. The Morgan fingerprint density at radius 3 is 2.79 bits per heavy atom. The number of esters is 1. The van der Waals surface area contributed by atoms with E-state index in [1.165, 1.54) is 41.3 Å². The average molecular weight is 344 g/mol. The quantitative estimate of drug-likeness (QED) is 0.683. The Hall–Kier alpha value is -2.80. The van der Waals surface area contributed by atoms with E-state index >= 15 is 0 Å². The molecule has 0 saturated carbocycles. The van der Waals surface area contributed by atoms with E-state index in [0.717, 1.165) is 0 Å². The first kappa shape index (κ1) is 16.1. The number of benzene rings is 1. The second kappa shape index (κ2) is 6.76. The lowest BCUT2D eigenvalue weighted by Crippen LogP contribution is -2.23. The number of rotatable bonds is 4. The van der Waals surface area contributed by atoms with Crippen molar-refractivity contribution >= 4 is 17.3 Å². The Labute approximate surface area is 141 Å². The van der Waals surface area contributed by atoms with Crippen LogP contribution in [0.25, 0.3) is 11.3 Å². The van der Waals surface area contributed by atoms with E-state index in [-0.39, 0.29) is 12.1 Å². The van der Waals surface area contributed by atoms with E-state index in [2.05, 4.69) is 5.10 Å². The van der Waals surface area contributed by atoms with Crippen LogP contribution in [0, 0.1) is 5.82 Å². The summed E-state index contributed by atoms with van der Waals surface area (Å²) in [4.78, 5) is 24.2. The summed E-state index contributed by atoms with van der Waals surface area (Å²) in [5.41, 5.74) is 0.955. The fraction of sp³-hybridized carbons (Fsp3) is 0.118. The van der Waals surface area contributed by atoms with Crippen LogP contribution in [0.4, 0.5) is 4.39 Å². The molecule has 0 atom stereocenters. The molecule has 0 N–H and O–H groups in total. The van der Waals surface area contributed by atoms with Crippen LogP contribution in [0.2, 0.25) is 0 Å². The van der Waals surface area contributed by atoms with Crippen LogP contribution in [-0.4, -0.2) is 22.9 Å². The Balaban J connectivity index is 2.00. The topological polar surface area (TPSA) is 61.2 Å². The van der Waals surface area contributed by atoms with Crippen LogP contribution < -0.4 is 5.56 Å². The van der Waals surface area contributed by atoms with Crippen molar-refractivity contribution in [2.75, 3.05) is 7.11 Å². The summed E-state index contributed by atoms with van der Waals surface area (Å²) in [7, 11) is 1.30. The van der Waals surface area contributed by atoms with Gasteiger partial charge in [-0.3, -0.25) is 4.79 Å². The molecule has 0 radical (unpaired) electrons. The van der Waals surface area contributed by atoms with Gasteiger partial charge in [0.25, 0.3) is 5.56 Å². The summed E-state index contributed by atoms with van der Waals surface area (Å²) in [5.74, 6) is -0.876. The number of nitrogens with zero attached hydrogens (tertiary/aromatic N) is 2. The molecule has 0 spiro atoms. The van der Waals surface area contributed by atoms with Gasteiger partial charge < -0.3 is 4.74 Å². The molecule has 0 bridgehead atoms. The summed E-state index contributed by atoms with van der Waals surface area (Å²) < 4.78 is 19.8. The van der Waals surface area contributed by atoms with Crippen LogP contribution in [0.3, 0.4) is 0 Å². The van der Waals surface area contributed by atoms with Crippen molar-refractivity contribution in [3.63, 3.8) is 0 Å². The summed E-state index contributed by atoms with van der Waals surface area (Å²) in [5, 5.41) is 5.96. The van der Waals surface area contributed by atoms with Gasteiger partial charge in [-0.15, -0.1) is 11.3 Å². The zero-order valence-electron chi connectivity index (χ0n) is 12.7. The van der Waals surface area contributed by atoms with Gasteiger partial charge in [-0.25, -0.2) is 13.9 Å². The summed E-state index contributed by atoms with van der Waals surface area (Å²) in [6, 6.07) is 10.8. The summed E-state index contributed by atoms with van der Waals surface area (Å²) in [6.07, 6.45) is 0. The molecule has 3 aromatic rings. The van der Waals surface area contributed by atoms with E-state index in [9.17, 15) is 14.0 Å². The number of hydrogen-bond donors (Lipinski definition) is 0. The third kappa shape index (κ3) is 3.11. The lowest BCUT2D eigenvalue weighted by atomic mass is 10.1. The van der Waals surface area contributed by atoms with Crippen LogP contribution >= 0.6 is 11.3 Å². The molecule has 24 heavy (non-hydrogen) atoms. The minimum atomic E-state index is -0.460. The Bertz CT molecular complexity index is 949. The van der Waals surface area contributed by atoms with Crippen molar-refractivity contribution in [2.24, 2.45) is 0 Å². The number of ether oxygens (including phenoxy) is 1. The number of thiophene rings is 1. The first-order valence-electron chi connectivity index (χ1n) is 7.08. The molecule has 2 heterocycles. The first-order valence-corrected chi connectivity index (χ1v) is 7.96. The van der Waals surface area contributed by atoms with Gasteiger partial charge >= 0.3 is 5.97 Å². The van der Waals surface area contributed by atoms with Crippen molar-refractivity contribution in [1.82, 2.24) is 9.78 Å². The van der Waals surface area contributed by atoms with Crippen LogP contribution in [0.1, 0.15) is 15.2 Å². The van der Waals surface area contributed by atoms with Crippen molar-refractivity contribution in [2.45, 2.75) is 6.54 Å². The number of carbonyl (C=O) groups excluding carboxylic acids is 1. The number of carbonyl (C=O) groups is 1. The van der Waals surface area contributed by atoms with Crippen molar-refractivity contribution in [3.05, 3.63) is 74.5 Å². The first-order chi connectivity index (χ1) is 11.6. The van der Waals surface area contributed by atoms with E-state index in [1.807, 2.05) is 0 Å². The molecule has 3 rings (SSSR count). The highest BCUT2D eigenvalue weighted by Crippen LogP contribution is 2.21. The van der Waals surface area contributed by atoms with Crippen molar-refractivity contribution < 1.29 is 13.9 Å². The molecule has 0 unspecified atom stereocenters. The summed E-state index contributed by atoms with van der Waals surface area (Å²) >= 11 is 1.23. The molecule has 0 aliphatic rings. The van der Waals surface area contributed by atoms with Gasteiger partial charge in [0.05, 0.1) is 19.3 Å².